The Morgan fingerprint density at radius 1 is 1.05 bits per heavy atom. The number of nitrogens with one attached hydrogen (secondary N) is 1. The second-order valence-electron chi connectivity index (χ2n) is 9.33. The zero-order valence-electron chi connectivity index (χ0n) is 21.5. The van der Waals surface area contributed by atoms with E-state index in [0.29, 0.717) is 16.6 Å². The molecule has 202 valence electrons. The Morgan fingerprint density at radius 3 is 2.54 bits per heavy atom. The second-order valence-corrected chi connectivity index (χ2v) is 10.3. The van der Waals surface area contributed by atoms with Gasteiger partial charge in [-0.05, 0) is 58.0 Å². The lowest BCUT2D eigenvalue weighted by Gasteiger charge is -2.41. The SMILES string of the molecule is CC(=O)Nc1cccc([C@H]2O[C@@H](CSc3nnnn3-c3ccc(O)cc3)[C@@H](C)[C@@H](c3ccc(CO)cc3)O2)c1. The van der Waals surface area contributed by atoms with Crippen LogP contribution in [0.5, 0.6) is 5.75 Å². The molecule has 0 bridgehead atoms. The summed E-state index contributed by atoms with van der Waals surface area (Å²) in [4.78, 5) is 11.6. The van der Waals surface area contributed by atoms with E-state index < -0.39 is 6.29 Å². The Balaban J connectivity index is 1.40. The minimum Gasteiger partial charge on any atom is -0.508 e. The van der Waals surface area contributed by atoms with Crippen LogP contribution in [-0.2, 0) is 20.9 Å². The molecule has 11 heteroatoms. The van der Waals surface area contributed by atoms with Gasteiger partial charge in [-0.2, -0.15) is 4.68 Å². The number of phenols is 1. The third kappa shape index (κ3) is 6.28. The van der Waals surface area contributed by atoms with E-state index in [2.05, 4.69) is 27.8 Å². The van der Waals surface area contributed by atoms with Gasteiger partial charge < -0.3 is 25.0 Å². The van der Waals surface area contributed by atoms with Crippen LogP contribution in [0, 0.1) is 5.92 Å². The van der Waals surface area contributed by atoms with Gasteiger partial charge >= 0.3 is 0 Å². The number of benzene rings is 3. The number of aliphatic hydroxyl groups is 1. The molecule has 0 radical (unpaired) electrons. The van der Waals surface area contributed by atoms with Crippen molar-refractivity contribution in [2.75, 3.05) is 11.1 Å². The molecule has 1 aliphatic rings. The number of aliphatic hydroxyl groups excluding tert-OH is 1. The van der Waals surface area contributed by atoms with Gasteiger partial charge in [0.05, 0.1) is 24.5 Å². The van der Waals surface area contributed by atoms with Crippen LogP contribution in [0.2, 0.25) is 0 Å². The summed E-state index contributed by atoms with van der Waals surface area (Å²) in [5.41, 5.74) is 3.99. The van der Waals surface area contributed by atoms with Gasteiger partial charge in [0.1, 0.15) is 5.75 Å². The molecular formula is C28H29N5O5S. The highest BCUT2D eigenvalue weighted by Crippen LogP contribution is 2.43. The van der Waals surface area contributed by atoms with Crippen LogP contribution in [0.3, 0.4) is 0 Å². The number of rotatable bonds is 8. The molecule has 0 aliphatic carbocycles. The summed E-state index contributed by atoms with van der Waals surface area (Å²) in [6.45, 7) is 3.52. The van der Waals surface area contributed by atoms with Gasteiger partial charge in [-0.3, -0.25) is 4.79 Å². The Morgan fingerprint density at radius 2 is 1.82 bits per heavy atom. The molecule has 39 heavy (non-hydrogen) atoms. The third-order valence-corrected chi connectivity index (χ3v) is 7.52. The summed E-state index contributed by atoms with van der Waals surface area (Å²) in [5, 5.41) is 34.6. The number of hydrogen-bond donors (Lipinski definition) is 3. The normalized spacial score (nSPS) is 21.0. The Labute approximate surface area is 230 Å². The van der Waals surface area contributed by atoms with E-state index in [0.717, 1.165) is 22.4 Å². The third-order valence-electron chi connectivity index (χ3n) is 6.51. The summed E-state index contributed by atoms with van der Waals surface area (Å²) >= 11 is 1.47. The molecule has 3 aromatic carbocycles. The first-order valence-electron chi connectivity index (χ1n) is 12.5. The average molecular weight is 548 g/mol. The summed E-state index contributed by atoms with van der Waals surface area (Å²) in [6, 6.07) is 21.8. The quantitative estimate of drug-likeness (QED) is 0.275. The highest BCUT2D eigenvalue weighted by Gasteiger charge is 2.38. The number of tetrazole rings is 1. The number of nitrogens with zero attached hydrogens (tertiary/aromatic N) is 4. The second kappa shape index (κ2) is 12.0. The maximum absolute atomic E-state index is 11.6. The minimum atomic E-state index is -0.670. The Bertz CT molecular complexity index is 1410. The first-order valence-corrected chi connectivity index (χ1v) is 13.5. The number of aromatic hydroxyl groups is 1. The number of hydrogen-bond acceptors (Lipinski definition) is 9. The maximum Gasteiger partial charge on any atom is 0.221 e. The van der Waals surface area contributed by atoms with Gasteiger partial charge in [-0.15, -0.1) is 5.10 Å². The molecular weight excluding hydrogens is 518 g/mol. The fourth-order valence-electron chi connectivity index (χ4n) is 4.46. The van der Waals surface area contributed by atoms with Crippen molar-refractivity contribution in [3.63, 3.8) is 0 Å². The first kappa shape index (κ1) is 26.8. The number of anilines is 1. The molecule has 5 rings (SSSR count). The highest BCUT2D eigenvalue weighted by molar-refractivity contribution is 7.99. The number of carbonyl (C=O) groups excluding carboxylic acids is 1. The van der Waals surface area contributed by atoms with Gasteiger partial charge in [0, 0.05) is 29.8 Å². The van der Waals surface area contributed by atoms with Crippen molar-refractivity contribution < 1.29 is 24.5 Å². The van der Waals surface area contributed by atoms with Gasteiger partial charge in [0.15, 0.2) is 6.29 Å². The molecule has 4 atom stereocenters. The van der Waals surface area contributed by atoms with Gasteiger partial charge in [0.2, 0.25) is 11.1 Å². The summed E-state index contributed by atoms with van der Waals surface area (Å²) < 4.78 is 14.6. The van der Waals surface area contributed by atoms with E-state index in [1.807, 2.05) is 48.5 Å². The predicted octanol–water partition coefficient (Wildman–Crippen LogP) is 4.40. The molecule has 1 aliphatic heterocycles. The molecule has 0 spiro atoms. The molecule has 4 aromatic rings. The van der Waals surface area contributed by atoms with Crippen molar-refractivity contribution in [3.8, 4) is 11.4 Å². The van der Waals surface area contributed by atoms with E-state index in [9.17, 15) is 15.0 Å². The zero-order valence-corrected chi connectivity index (χ0v) is 22.3. The Hall–Kier alpha value is -3.77. The molecule has 0 saturated carbocycles. The summed E-state index contributed by atoms with van der Waals surface area (Å²) in [5.74, 6) is 0.534. The molecule has 1 amide bonds. The van der Waals surface area contributed by atoms with E-state index in [4.69, 9.17) is 9.47 Å². The van der Waals surface area contributed by atoms with E-state index in [-0.39, 0.29) is 36.4 Å². The van der Waals surface area contributed by atoms with Crippen LogP contribution in [0.4, 0.5) is 5.69 Å². The lowest BCUT2D eigenvalue weighted by molar-refractivity contribution is -0.268. The van der Waals surface area contributed by atoms with Crippen molar-refractivity contribution in [1.29, 1.82) is 0 Å². The number of thioether (sulfide) groups is 1. The van der Waals surface area contributed by atoms with E-state index >= 15 is 0 Å². The van der Waals surface area contributed by atoms with Crippen LogP contribution in [-0.4, -0.2) is 48.2 Å². The lowest BCUT2D eigenvalue weighted by atomic mass is 9.91. The minimum absolute atomic E-state index is 0.0229. The van der Waals surface area contributed by atoms with Crippen molar-refractivity contribution in [1.82, 2.24) is 20.2 Å². The molecule has 2 heterocycles. The fourth-order valence-corrected chi connectivity index (χ4v) is 5.51. The van der Waals surface area contributed by atoms with Crippen LogP contribution < -0.4 is 5.32 Å². The monoisotopic (exact) mass is 547 g/mol. The number of ether oxygens (including phenoxy) is 2. The molecule has 1 fully saturated rings. The molecule has 1 aromatic heterocycles. The lowest BCUT2D eigenvalue weighted by Crippen LogP contribution is -2.38. The average Bonchev–Trinajstić information content (AvgIpc) is 3.41. The number of amides is 1. The van der Waals surface area contributed by atoms with E-state index in [1.54, 1.807) is 28.9 Å². The summed E-state index contributed by atoms with van der Waals surface area (Å²) in [6.07, 6.45) is -1.18. The topological polar surface area (TPSA) is 132 Å². The van der Waals surface area contributed by atoms with Crippen molar-refractivity contribution in [2.45, 2.75) is 44.1 Å². The van der Waals surface area contributed by atoms with Crippen molar-refractivity contribution in [2.24, 2.45) is 5.92 Å². The van der Waals surface area contributed by atoms with E-state index in [1.165, 1.54) is 18.7 Å². The molecule has 1 saturated heterocycles. The highest BCUT2D eigenvalue weighted by atomic mass is 32.2. The van der Waals surface area contributed by atoms with Crippen LogP contribution >= 0.6 is 11.8 Å². The fraction of sp³-hybridized carbons (Fsp3) is 0.286. The largest absolute Gasteiger partial charge is 0.508 e. The molecule has 0 unspecified atom stereocenters. The zero-order chi connectivity index (χ0) is 27.4. The summed E-state index contributed by atoms with van der Waals surface area (Å²) in [7, 11) is 0. The van der Waals surface area contributed by atoms with Gasteiger partial charge in [0.25, 0.3) is 0 Å². The van der Waals surface area contributed by atoms with Crippen LogP contribution in [0.25, 0.3) is 5.69 Å². The standard InChI is InChI=1S/C28H29N5O5S/c1-17-25(16-39-28-30-31-32-33(28)23-10-12-24(36)13-11-23)37-27(21-4-3-5-22(14-21)29-18(2)35)38-26(17)20-8-6-19(15-34)7-9-20/h3-14,17,25-27,34,36H,15-16H2,1-2H3,(H,29,35)/t17-,25+,26+,27+/m1/s1. The van der Waals surface area contributed by atoms with Gasteiger partial charge in [-0.25, -0.2) is 0 Å². The predicted molar refractivity (Wildman–Crippen MR) is 145 cm³/mol. The number of carbonyl (C=O) groups is 1. The van der Waals surface area contributed by atoms with Crippen molar-refractivity contribution in [3.05, 3.63) is 89.5 Å². The number of phenolic OH excluding ortho intramolecular Hbond substituents is 1. The van der Waals surface area contributed by atoms with Crippen LogP contribution in [0.15, 0.2) is 78.0 Å². The number of aromatic nitrogens is 4. The van der Waals surface area contributed by atoms with Crippen LogP contribution in [0.1, 0.15) is 42.9 Å². The smallest absolute Gasteiger partial charge is 0.221 e. The molecule has 10 nitrogen and oxygen atoms in total. The maximum atomic E-state index is 11.6. The first-order chi connectivity index (χ1) is 18.9. The van der Waals surface area contributed by atoms with Crippen molar-refractivity contribution >= 4 is 23.4 Å². The van der Waals surface area contributed by atoms with Gasteiger partial charge in [-0.1, -0.05) is 55.1 Å². The molecule has 3 N–H and O–H groups in total. The Kier molecular flexibility index (Phi) is 8.22.